The Morgan fingerprint density at radius 3 is 2.95 bits per heavy atom. The molecule has 0 spiro atoms. The molecule has 0 atom stereocenters. The third kappa shape index (κ3) is 4.05. The van der Waals surface area contributed by atoms with E-state index in [2.05, 4.69) is 26.2 Å². The molecule has 0 saturated carbocycles. The lowest BCUT2D eigenvalue weighted by Gasteiger charge is -2.08. The Hall–Kier alpha value is -1.86. The third-order valence-corrected chi connectivity index (χ3v) is 3.61. The van der Waals surface area contributed by atoms with Crippen LogP contribution in [0.25, 0.3) is 0 Å². The van der Waals surface area contributed by atoms with Crippen LogP contribution in [-0.4, -0.2) is 15.5 Å². The van der Waals surface area contributed by atoms with Crippen molar-refractivity contribution in [2.24, 2.45) is 0 Å². The van der Waals surface area contributed by atoms with Crippen molar-refractivity contribution in [3.05, 3.63) is 50.6 Å². The number of nitrogens with two attached hydrogens (primary N) is 1. The third-order valence-electron chi connectivity index (χ3n) is 2.72. The van der Waals surface area contributed by atoms with Crippen molar-refractivity contribution in [1.82, 2.24) is 9.55 Å². The number of benzene rings is 1. The van der Waals surface area contributed by atoms with Crippen LogP contribution in [0.2, 0.25) is 5.02 Å². The van der Waals surface area contributed by atoms with Gasteiger partial charge < -0.3 is 11.1 Å². The van der Waals surface area contributed by atoms with Gasteiger partial charge in [-0.1, -0.05) is 11.6 Å². The number of hydrogen-bond acceptors (Lipinski definition) is 4. The number of anilines is 2. The number of aromatic nitrogens is 2. The van der Waals surface area contributed by atoms with E-state index < -0.39 is 0 Å². The average Bonchev–Trinajstić information content (AvgIpc) is 2.44. The number of carbonyl (C=O) groups excluding carboxylic acids is 1. The molecule has 2 rings (SSSR count). The van der Waals surface area contributed by atoms with Gasteiger partial charge in [-0.25, -0.2) is 4.98 Å². The summed E-state index contributed by atoms with van der Waals surface area (Å²) in [6, 6.07) is 4.84. The van der Waals surface area contributed by atoms with E-state index >= 15 is 0 Å². The Labute approximate surface area is 134 Å². The Morgan fingerprint density at radius 1 is 1.48 bits per heavy atom. The zero-order valence-corrected chi connectivity index (χ0v) is 13.2. The van der Waals surface area contributed by atoms with E-state index in [-0.39, 0.29) is 24.4 Å². The van der Waals surface area contributed by atoms with Gasteiger partial charge in [-0.15, -0.1) is 0 Å². The highest BCUT2D eigenvalue weighted by atomic mass is 79.9. The summed E-state index contributed by atoms with van der Waals surface area (Å²) < 4.78 is 1.72. The van der Waals surface area contributed by atoms with Gasteiger partial charge in [-0.05, 0) is 34.1 Å². The molecular formula is C13H12BrClN4O2. The number of nitrogen functional groups attached to an aromatic ring is 1. The Balaban J connectivity index is 1.97. The minimum absolute atomic E-state index is 0.139. The van der Waals surface area contributed by atoms with Crippen molar-refractivity contribution >= 4 is 44.8 Å². The molecule has 1 heterocycles. The minimum Gasteiger partial charge on any atom is -0.397 e. The first-order valence-electron chi connectivity index (χ1n) is 6.02. The van der Waals surface area contributed by atoms with E-state index in [1.165, 1.54) is 17.1 Å². The monoisotopic (exact) mass is 370 g/mol. The van der Waals surface area contributed by atoms with E-state index in [0.29, 0.717) is 20.9 Å². The summed E-state index contributed by atoms with van der Waals surface area (Å²) >= 11 is 8.90. The first kappa shape index (κ1) is 15.5. The zero-order chi connectivity index (χ0) is 15.4. The van der Waals surface area contributed by atoms with E-state index in [4.69, 9.17) is 17.3 Å². The van der Waals surface area contributed by atoms with Crippen LogP contribution in [-0.2, 0) is 11.3 Å². The van der Waals surface area contributed by atoms with Gasteiger partial charge >= 0.3 is 0 Å². The number of amides is 1. The van der Waals surface area contributed by atoms with Gasteiger partial charge in [0.1, 0.15) is 4.47 Å². The van der Waals surface area contributed by atoms with Crippen molar-refractivity contribution in [1.29, 1.82) is 0 Å². The zero-order valence-electron chi connectivity index (χ0n) is 10.8. The summed E-state index contributed by atoms with van der Waals surface area (Å²) in [7, 11) is 0. The molecule has 0 bridgehead atoms. The van der Waals surface area contributed by atoms with Crippen molar-refractivity contribution in [2.45, 2.75) is 13.0 Å². The normalized spacial score (nSPS) is 10.4. The first-order valence-corrected chi connectivity index (χ1v) is 7.19. The predicted octanol–water partition coefficient (Wildman–Crippen LogP) is 2.27. The molecule has 21 heavy (non-hydrogen) atoms. The SMILES string of the molecule is Nc1cc(NC(=O)CCn2cncc(Br)c2=O)ccc1Cl. The lowest BCUT2D eigenvalue weighted by Crippen LogP contribution is -2.23. The van der Waals surface area contributed by atoms with Crippen LogP contribution < -0.4 is 16.6 Å². The van der Waals surface area contributed by atoms with E-state index in [0.717, 1.165) is 0 Å². The fraction of sp³-hybridized carbons (Fsp3) is 0.154. The molecule has 8 heteroatoms. The fourth-order valence-corrected chi connectivity index (χ4v) is 2.11. The van der Waals surface area contributed by atoms with Crippen molar-refractivity contribution in [2.75, 3.05) is 11.1 Å². The van der Waals surface area contributed by atoms with Gasteiger partial charge in [0.05, 0.1) is 17.0 Å². The molecule has 0 aliphatic carbocycles. The minimum atomic E-state index is -0.233. The van der Waals surface area contributed by atoms with Crippen LogP contribution in [0.5, 0.6) is 0 Å². The molecule has 0 unspecified atom stereocenters. The summed E-state index contributed by atoms with van der Waals surface area (Å²) in [5, 5.41) is 3.12. The summed E-state index contributed by atoms with van der Waals surface area (Å²) in [5.41, 5.74) is 6.38. The maximum absolute atomic E-state index is 11.8. The molecule has 0 aliphatic heterocycles. The highest BCUT2D eigenvalue weighted by molar-refractivity contribution is 9.10. The number of aryl methyl sites for hydroxylation is 1. The van der Waals surface area contributed by atoms with E-state index in [1.807, 2.05) is 0 Å². The summed E-state index contributed by atoms with van der Waals surface area (Å²) in [6.07, 6.45) is 2.94. The molecule has 0 saturated heterocycles. The Bertz CT molecular complexity index is 732. The van der Waals surface area contributed by atoms with Gasteiger partial charge in [-0.3, -0.25) is 14.2 Å². The van der Waals surface area contributed by atoms with Crippen LogP contribution in [0.15, 0.2) is 40.0 Å². The van der Waals surface area contributed by atoms with Gasteiger partial charge in [-0.2, -0.15) is 0 Å². The molecule has 2 aromatic rings. The molecule has 1 aromatic carbocycles. The average molecular weight is 372 g/mol. The topological polar surface area (TPSA) is 90.0 Å². The number of nitrogens with zero attached hydrogens (tertiary/aromatic N) is 2. The number of halogens is 2. The fourth-order valence-electron chi connectivity index (χ4n) is 1.65. The summed E-state index contributed by atoms with van der Waals surface area (Å²) in [6.45, 7) is 0.236. The molecule has 3 N–H and O–H groups in total. The largest absolute Gasteiger partial charge is 0.397 e. The van der Waals surface area contributed by atoms with Crippen LogP contribution >= 0.6 is 27.5 Å². The van der Waals surface area contributed by atoms with Gasteiger partial charge in [0.25, 0.3) is 5.56 Å². The summed E-state index contributed by atoms with van der Waals surface area (Å²) in [5.74, 6) is -0.233. The Kier molecular flexibility index (Phi) is 4.98. The van der Waals surface area contributed by atoms with Crippen molar-refractivity contribution in [3.63, 3.8) is 0 Å². The van der Waals surface area contributed by atoms with Gasteiger partial charge in [0, 0.05) is 24.8 Å². The molecule has 0 aliphatic rings. The molecule has 1 amide bonds. The smallest absolute Gasteiger partial charge is 0.267 e. The highest BCUT2D eigenvalue weighted by Crippen LogP contribution is 2.22. The maximum Gasteiger partial charge on any atom is 0.267 e. The van der Waals surface area contributed by atoms with Crippen molar-refractivity contribution < 1.29 is 4.79 Å². The second-order valence-corrected chi connectivity index (χ2v) is 5.54. The van der Waals surface area contributed by atoms with Crippen LogP contribution in [0.4, 0.5) is 11.4 Å². The Morgan fingerprint density at radius 2 is 2.24 bits per heavy atom. The molecule has 0 fully saturated rings. The first-order chi connectivity index (χ1) is 9.97. The second-order valence-electron chi connectivity index (χ2n) is 4.27. The molecule has 0 radical (unpaired) electrons. The molecule has 110 valence electrons. The van der Waals surface area contributed by atoms with Crippen LogP contribution in [0.1, 0.15) is 6.42 Å². The quantitative estimate of drug-likeness (QED) is 0.807. The highest BCUT2D eigenvalue weighted by Gasteiger charge is 2.06. The lowest BCUT2D eigenvalue weighted by atomic mass is 10.2. The van der Waals surface area contributed by atoms with Crippen molar-refractivity contribution in [3.8, 4) is 0 Å². The van der Waals surface area contributed by atoms with E-state index in [9.17, 15) is 9.59 Å². The molecular weight excluding hydrogens is 360 g/mol. The van der Waals surface area contributed by atoms with Crippen LogP contribution in [0.3, 0.4) is 0 Å². The molecule has 1 aromatic heterocycles. The summed E-state index contributed by atoms with van der Waals surface area (Å²) in [4.78, 5) is 27.5. The standard InChI is InChI=1S/C13H12BrClN4O2/c14-9-6-17-7-19(13(9)21)4-3-12(20)18-8-1-2-10(15)11(16)5-8/h1-2,5-7H,3-4,16H2,(H,18,20). The predicted molar refractivity (Wildman–Crippen MR) is 85.3 cm³/mol. The van der Waals surface area contributed by atoms with E-state index in [1.54, 1.807) is 18.2 Å². The maximum atomic E-state index is 11.8. The molecule has 6 nitrogen and oxygen atoms in total. The van der Waals surface area contributed by atoms with Crippen LogP contribution in [0, 0.1) is 0 Å². The number of rotatable bonds is 4. The van der Waals surface area contributed by atoms with Gasteiger partial charge in [0.2, 0.25) is 5.91 Å². The number of carbonyl (C=O) groups is 1. The number of nitrogens with one attached hydrogen (secondary N) is 1. The number of hydrogen-bond donors (Lipinski definition) is 2. The lowest BCUT2D eigenvalue weighted by molar-refractivity contribution is -0.116. The second kappa shape index (κ2) is 6.73. The van der Waals surface area contributed by atoms with Gasteiger partial charge in [0.15, 0.2) is 0 Å².